The Morgan fingerprint density at radius 3 is 2.43 bits per heavy atom. The molecule has 0 aliphatic rings. The van der Waals surface area contributed by atoms with Gasteiger partial charge in [0.05, 0.1) is 20.1 Å². The second-order valence-electron chi connectivity index (χ2n) is 2.34. The zero-order valence-corrected chi connectivity index (χ0v) is 8.15. The molecule has 6 nitrogen and oxygen atoms in total. The second kappa shape index (κ2) is 6.88. The maximum absolute atomic E-state index is 11.0. The van der Waals surface area contributed by atoms with Crippen molar-refractivity contribution in [3.63, 3.8) is 0 Å². The molecular weight excluding hydrogens is 190 g/mol. The normalized spacial score (nSPS) is 10.9. The first kappa shape index (κ1) is 12.4. The Morgan fingerprint density at radius 1 is 1.36 bits per heavy atom. The van der Waals surface area contributed by atoms with E-state index in [2.05, 4.69) is 14.6 Å². The molecule has 0 spiro atoms. The molecule has 0 aromatic carbocycles. The van der Waals surface area contributed by atoms with E-state index in [4.69, 9.17) is 5.21 Å². The molecule has 14 heavy (non-hydrogen) atoms. The smallest absolute Gasteiger partial charge is 0.356 e. The van der Waals surface area contributed by atoms with E-state index in [1.165, 1.54) is 7.11 Å². The predicted octanol–water partition coefficient (Wildman–Crippen LogP) is 0.333. The van der Waals surface area contributed by atoms with E-state index in [1.54, 1.807) is 6.92 Å². The number of carbonyl (C=O) groups is 2. The summed E-state index contributed by atoms with van der Waals surface area (Å²) >= 11 is 0. The third-order valence-corrected chi connectivity index (χ3v) is 1.43. The highest BCUT2D eigenvalue weighted by Crippen LogP contribution is 1.97. The molecule has 0 saturated heterocycles. The Labute approximate surface area is 81.5 Å². The van der Waals surface area contributed by atoms with Crippen LogP contribution < -0.4 is 0 Å². The number of nitrogens with zero attached hydrogens (tertiary/aromatic N) is 1. The van der Waals surface area contributed by atoms with Gasteiger partial charge in [0, 0.05) is 6.42 Å². The van der Waals surface area contributed by atoms with Gasteiger partial charge in [-0.3, -0.25) is 4.79 Å². The van der Waals surface area contributed by atoms with Gasteiger partial charge in [0.2, 0.25) is 0 Å². The number of carbonyl (C=O) groups excluding carboxylic acids is 2. The van der Waals surface area contributed by atoms with Crippen LogP contribution >= 0.6 is 0 Å². The lowest BCUT2D eigenvalue weighted by molar-refractivity contribution is -0.140. The van der Waals surface area contributed by atoms with E-state index in [-0.39, 0.29) is 25.2 Å². The van der Waals surface area contributed by atoms with Crippen molar-refractivity contribution in [2.24, 2.45) is 5.16 Å². The molecule has 0 heterocycles. The minimum Gasteiger partial charge on any atom is -0.469 e. The molecule has 0 aromatic rings. The molecular formula is C8H13NO5. The molecule has 0 bridgehead atoms. The summed E-state index contributed by atoms with van der Waals surface area (Å²) in [6, 6.07) is 0. The largest absolute Gasteiger partial charge is 0.469 e. The van der Waals surface area contributed by atoms with Crippen LogP contribution in [0.3, 0.4) is 0 Å². The Kier molecular flexibility index (Phi) is 6.09. The lowest BCUT2D eigenvalue weighted by Crippen LogP contribution is -2.19. The van der Waals surface area contributed by atoms with Gasteiger partial charge < -0.3 is 14.7 Å². The minimum absolute atomic E-state index is 0.00199. The molecule has 0 aliphatic carbocycles. The Bertz CT molecular complexity index is 236. The molecule has 0 aromatic heterocycles. The summed E-state index contributed by atoms with van der Waals surface area (Å²) in [5.41, 5.74) is -0.183. The van der Waals surface area contributed by atoms with Crippen LogP contribution in [0.15, 0.2) is 5.16 Å². The van der Waals surface area contributed by atoms with Gasteiger partial charge in [0.1, 0.15) is 0 Å². The van der Waals surface area contributed by atoms with Crippen LogP contribution in [0.4, 0.5) is 0 Å². The van der Waals surface area contributed by atoms with Gasteiger partial charge in [-0.05, 0) is 6.92 Å². The van der Waals surface area contributed by atoms with Gasteiger partial charge in [0.25, 0.3) is 0 Å². The maximum Gasteiger partial charge on any atom is 0.356 e. The zero-order chi connectivity index (χ0) is 11.0. The Morgan fingerprint density at radius 2 is 2.00 bits per heavy atom. The first-order valence-electron chi connectivity index (χ1n) is 4.10. The number of rotatable bonds is 5. The lowest BCUT2D eigenvalue weighted by atomic mass is 10.2. The maximum atomic E-state index is 11.0. The molecule has 0 fully saturated rings. The van der Waals surface area contributed by atoms with E-state index >= 15 is 0 Å². The molecule has 0 radical (unpaired) electrons. The van der Waals surface area contributed by atoms with Crippen LogP contribution in [0.1, 0.15) is 19.8 Å². The second-order valence-corrected chi connectivity index (χ2v) is 2.34. The SMILES string of the molecule is CCOC(=O)C(CCC(=O)OC)=NO. The predicted molar refractivity (Wildman–Crippen MR) is 47.1 cm³/mol. The van der Waals surface area contributed by atoms with Gasteiger partial charge in [0.15, 0.2) is 5.71 Å². The van der Waals surface area contributed by atoms with Crippen molar-refractivity contribution in [2.75, 3.05) is 13.7 Å². The average molecular weight is 203 g/mol. The van der Waals surface area contributed by atoms with Crippen LogP contribution in [-0.4, -0.2) is 36.6 Å². The van der Waals surface area contributed by atoms with Crippen molar-refractivity contribution >= 4 is 17.7 Å². The van der Waals surface area contributed by atoms with Gasteiger partial charge in [-0.15, -0.1) is 0 Å². The fourth-order valence-corrected chi connectivity index (χ4v) is 0.730. The average Bonchev–Trinajstić information content (AvgIpc) is 2.18. The number of hydrogen-bond donors (Lipinski definition) is 1. The highest BCUT2D eigenvalue weighted by atomic mass is 16.5. The monoisotopic (exact) mass is 203 g/mol. The Balaban J connectivity index is 4.05. The number of ether oxygens (including phenoxy) is 2. The summed E-state index contributed by atoms with van der Waals surface area (Å²) in [5.74, 6) is -1.20. The molecule has 0 aliphatic heterocycles. The third-order valence-electron chi connectivity index (χ3n) is 1.43. The topological polar surface area (TPSA) is 85.2 Å². The standard InChI is InChI=1S/C8H13NO5/c1-3-14-8(11)6(9-12)4-5-7(10)13-2/h12H,3-5H2,1-2H3. The summed E-state index contributed by atoms with van der Waals surface area (Å²) in [6.45, 7) is 1.82. The van der Waals surface area contributed by atoms with Crippen LogP contribution in [0, 0.1) is 0 Å². The van der Waals surface area contributed by atoms with Crippen LogP contribution in [0.2, 0.25) is 0 Å². The molecule has 0 unspecified atom stereocenters. The summed E-state index contributed by atoms with van der Waals surface area (Å²) in [4.78, 5) is 21.7. The zero-order valence-electron chi connectivity index (χ0n) is 8.15. The van der Waals surface area contributed by atoms with Crippen molar-refractivity contribution < 1.29 is 24.3 Å². The molecule has 0 rings (SSSR count). The quantitative estimate of drug-likeness (QED) is 0.301. The number of oxime groups is 1. The van der Waals surface area contributed by atoms with Gasteiger partial charge in [-0.25, -0.2) is 4.79 Å². The van der Waals surface area contributed by atoms with E-state index in [1.807, 2.05) is 0 Å². The first-order valence-corrected chi connectivity index (χ1v) is 4.10. The van der Waals surface area contributed by atoms with Crippen LogP contribution in [0.25, 0.3) is 0 Å². The third kappa shape index (κ3) is 4.44. The van der Waals surface area contributed by atoms with Crippen LogP contribution in [0.5, 0.6) is 0 Å². The van der Waals surface area contributed by atoms with Crippen molar-refractivity contribution in [1.29, 1.82) is 0 Å². The van der Waals surface area contributed by atoms with E-state index in [0.717, 1.165) is 0 Å². The summed E-state index contributed by atoms with van der Waals surface area (Å²) in [5, 5.41) is 11.2. The summed E-state index contributed by atoms with van der Waals surface area (Å²) in [7, 11) is 1.24. The first-order chi connectivity index (χ1) is 6.65. The molecule has 80 valence electrons. The lowest BCUT2D eigenvalue weighted by Gasteiger charge is -2.02. The number of hydrogen-bond acceptors (Lipinski definition) is 6. The van der Waals surface area contributed by atoms with Gasteiger partial charge in [-0.2, -0.15) is 0 Å². The van der Waals surface area contributed by atoms with Crippen LogP contribution in [-0.2, 0) is 19.1 Å². The molecule has 1 N–H and O–H groups in total. The number of esters is 2. The molecule has 6 heteroatoms. The molecule has 0 saturated carbocycles. The highest BCUT2D eigenvalue weighted by Gasteiger charge is 2.15. The van der Waals surface area contributed by atoms with E-state index in [0.29, 0.717) is 0 Å². The van der Waals surface area contributed by atoms with Gasteiger partial charge in [-0.1, -0.05) is 5.16 Å². The van der Waals surface area contributed by atoms with Crippen molar-refractivity contribution in [3.8, 4) is 0 Å². The fourth-order valence-electron chi connectivity index (χ4n) is 0.730. The van der Waals surface area contributed by atoms with Gasteiger partial charge >= 0.3 is 11.9 Å². The number of methoxy groups -OCH3 is 1. The minimum atomic E-state index is -0.723. The molecule has 0 amide bonds. The van der Waals surface area contributed by atoms with Crippen molar-refractivity contribution in [2.45, 2.75) is 19.8 Å². The Hall–Kier alpha value is -1.59. The van der Waals surface area contributed by atoms with Crippen molar-refractivity contribution in [1.82, 2.24) is 0 Å². The van der Waals surface area contributed by atoms with E-state index < -0.39 is 11.9 Å². The van der Waals surface area contributed by atoms with E-state index in [9.17, 15) is 9.59 Å². The fraction of sp³-hybridized carbons (Fsp3) is 0.625. The van der Waals surface area contributed by atoms with Crippen molar-refractivity contribution in [3.05, 3.63) is 0 Å². The summed E-state index contributed by atoms with van der Waals surface area (Å²) < 4.78 is 8.94. The highest BCUT2D eigenvalue weighted by molar-refractivity contribution is 6.36. The summed E-state index contributed by atoms with van der Waals surface area (Å²) in [6.07, 6.45) is -0.0171. The molecule has 0 atom stereocenters.